The molecule has 4 nitrogen and oxygen atoms in total. The summed E-state index contributed by atoms with van der Waals surface area (Å²) < 4.78 is 26.4. The van der Waals surface area contributed by atoms with Gasteiger partial charge in [-0.15, -0.1) is 0 Å². The van der Waals surface area contributed by atoms with Crippen LogP contribution in [0, 0.1) is 0 Å². The zero-order chi connectivity index (χ0) is 13.1. The average molecular weight is 258 g/mol. The quantitative estimate of drug-likeness (QED) is 0.715. The average Bonchev–Trinajstić information content (AvgIpc) is 2.35. The summed E-state index contributed by atoms with van der Waals surface area (Å²) in [6.45, 7) is 2.42. The molecular weight excluding hydrogens is 242 g/mol. The predicted molar refractivity (Wildman–Crippen MR) is 63.0 cm³/mol. The number of rotatable bonds is 3. The third kappa shape index (κ3) is 2.70. The summed E-state index contributed by atoms with van der Waals surface area (Å²) in [5.41, 5.74) is 0.321. The minimum atomic E-state index is -2.54. The summed E-state index contributed by atoms with van der Waals surface area (Å²) in [7, 11) is 0. The van der Waals surface area contributed by atoms with E-state index in [2.05, 4.69) is 5.32 Å². The van der Waals surface area contributed by atoms with Crippen LogP contribution < -0.4 is 5.32 Å². The number of benzene rings is 1. The summed E-state index contributed by atoms with van der Waals surface area (Å²) >= 11 is 0. The van der Waals surface area contributed by atoms with Gasteiger partial charge >= 0.3 is 0 Å². The van der Waals surface area contributed by atoms with E-state index in [0.717, 1.165) is 0 Å². The Morgan fingerprint density at radius 3 is 2.33 bits per heavy atom. The Labute approximate surface area is 104 Å². The van der Waals surface area contributed by atoms with Crippen LogP contribution in [-0.4, -0.2) is 47.7 Å². The smallest absolute Gasteiger partial charge is 0.258 e. The second-order valence-corrected chi connectivity index (χ2v) is 4.31. The summed E-state index contributed by atoms with van der Waals surface area (Å²) in [5.74, 6) is -0.666. The number of hydrogen-bond acceptors (Lipinski definition) is 4. The van der Waals surface area contributed by atoms with Crippen molar-refractivity contribution >= 4 is 0 Å². The summed E-state index contributed by atoms with van der Waals surface area (Å²) in [5, 5.41) is 21.7. The molecule has 1 aromatic rings. The lowest BCUT2D eigenvalue weighted by Gasteiger charge is -2.34. The van der Waals surface area contributed by atoms with Crippen molar-refractivity contribution in [3.05, 3.63) is 23.8 Å². The van der Waals surface area contributed by atoms with Crippen molar-refractivity contribution in [1.82, 2.24) is 10.2 Å². The molecule has 100 valence electrons. The van der Waals surface area contributed by atoms with Gasteiger partial charge in [0.1, 0.15) is 0 Å². The predicted octanol–water partition coefficient (Wildman–Crippen LogP) is 1.31. The van der Waals surface area contributed by atoms with Gasteiger partial charge in [-0.05, 0) is 17.7 Å². The Hall–Kier alpha value is -1.40. The molecule has 1 fully saturated rings. The fourth-order valence-corrected chi connectivity index (χ4v) is 2.20. The van der Waals surface area contributed by atoms with Crippen LogP contribution in [-0.2, 0) is 0 Å². The van der Waals surface area contributed by atoms with Gasteiger partial charge in [-0.2, -0.15) is 0 Å². The number of phenolic OH excluding ortho intramolecular Hbond substituents is 2. The molecular formula is C12H16F2N2O2. The number of piperazine rings is 1. The maximum atomic E-state index is 13.2. The molecule has 0 bridgehead atoms. The van der Waals surface area contributed by atoms with Gasteiger partial charge in [-0.3, -0.25) is 4.90 Å². The van der Waals surface area contributed by atoms with Crippen molar-refractivity contribution in [2.24, 2.45) is 0 Å². The lowest BCUT2D eigenvalue weighted by molar-refractivity contribution is 0.0181. The third-order valence-corrected chi connectivity index (χ3v) is 3.12. The molecule has 0 amide bonds. The summed E-state index contributed by atoms with van der Waals surface area (Å²) in [6.07, 6.45) is -2.54. The van der Waals surface area contributed by atoms with Crippen molar-refractivity contribution < 1.29 is 19.0 Å². The van der Waals surface area contributed by atoms with E-state index in [1.807, 2.05) is 0 Å². The number of phenols is 2. The molecule has 1 heterocycles. The van der Waals surface area contributed by atoms with Crippen LogP contribution in [0.2, 0.25) is 0 Å². The van der Waals surface area contributed by atoms with Crippen LogP contribution in [0.1, 0.15) is 11.6 Å². The highest BCUT2D eigenvalue weighted by Gasteiger charge is 2.30. The molecule has 6 heteroatoms. The number of hydrogen-bond donors (Lipinski definition) is 3. The van der Waals surface area contributed by atoms with Gasteiger partial charge < -0.3 is 15.5 Å². The topological polar surface area (TPSA) is 55.7 Å². The molecule has 2 rings (SSSR count). The van der Waals surface area contributed by atoms with Gasteiger partial charge in [0.25, 0.3) is 6.43 Å². The van der Waals surface area contributed by atoms with Crippen molar-refractivity contribution in [3.63, 3.8) is 0 Å². The molecule has 18 heavy (non-hydrogen) atoms. The number of halogens is 2. The monoisotopic (exact) mass is 258 g/mol. The van der Waals surface area contributed by atoms with Crippen molar-refractivity contribution in [2.45, 2.75) is 12.5 Å². The minimum Gasteiger partial charge on any atom is -0.504 e. The van der Waals surface area contributed by atoms with Crippen LogP contribution in [0.25, 0.3) is 0 Å². The minimum absolute atomic E-state index is 0.299. The van der Waals surface area contributed by atoms with E-state index in [1.165, 1.54) is 18.2 Å². The molecule has 0 unspecified atom stereocenters. The molecule has 0 aliphatic carbocycles. The van der Waals surface area contributed by atoms with Crippen molar-refractivity contribution in [1.29, 1.82) is 0 Å². The first-order valence-electron chi connectivity index (χ1n) is 5.84. The molecule has 1 aliphatic heterocycles. The van der Waals surface area contributed by atoms with Crippen molar-refractivity contribution in [2.75, 3.05) is 26.2 Å². The highest BCUT2D eigenvalue weighted by Crippen LogP contribution is 2.33. The van der Waals surface area contributed by atoms with Gasteiger partial charge in [0.2, 0.25) is 0 Å². The Kier molecular flexibility index (Phi) is 3.98. The Morgan fingerprint density at radius 1 is 1.11 bits per heavy atom. The van der Waals surface area contributed by atoms with Crippen LogP contribution in [0.4, 0.5) is 8.78 Å². The zero-order valence-corrected chi connectivity index (χ0v) is 9.81. The first kappa shape index (κ1) is 13.0. The van der Waals surface area contributed by atoms with Gasteiger partial charge in [-0.1, -0.05) is 6.07 Å². The maximum absolute atomic E-state index is 13.2. The lowest BCUT2D eigenvalue weighted by atomic mass is 10.0. The van der Waals surface area contributed by atoms with Gasteiger partial charge in [-0.25, -0.2) is 8.78 Å². The maximum Gasteiger partial charge on any atom is 0.258 e. The zero-order valence-electron chi connectivity index (χ0n) is 9.81. The fourth-order valence-electron chi connectivity index (χ4n) is 2.20. The fraction of sp³-hybridized carbons (Fsp3) is 0.500. The van der Waals surface area contributed by atoms with Gasteiger partial charge in [0, 0.05) is 26.2 Å². The standard InChI is InChI=1S/C12H16F2N2O2/c13-12(14)11(16-5-3-15-4-6-16)8-1-2-9(17)10(18)7-8/h1-2,7,11-12,15,17-18H,3-6H2/t11-/m1/s1. The molecule has 0 saturated carbocycles. The van der Waals surface area contributed by atoms with Crippen molar-refractivity contribution in [3.8, 4) is 11.5 Å². The second-order valence-electron chi connectivity index (χ2n) is 4.31. The van der Waals surface area contributed by atoms with Gasteiger partial charge in [0.05, 0.1) is 6.04 Å². The van der Waals surface area contributed by atoms with E-state index in [0.29, 0.717) is 31.7 Å². The van der Waals surface area contributed by atoms with Crippen LogP contribution in [0.3, 0.4) is 0 Å². The molecule has 1 aliphatic rings. The molecule has 0 radical (unpaired) electrons. The van der Waals surface area contributed by atoms with Gasteiger partial charge in [0.15, 0.2) is 11.5 Å². The Bertz CT molecular complexity index is 409. The third-order valence-electron chi connectivity index (χ3n) is 3.12. The normalized spacial score (nSPS) is 19.1. The first-order chi connectivity index (χ1) is 8.59. The SMILES string of the molecule is Oc1ccc([C@H](C(F)F)N2CCNCC2)cc1O. The number of nitrogens with one attached hydrogen (secondary N) is 1. The lowest BCUT2D eigenvalue weighted by Crippen LogP contribution is -2.46. The summed E-state index contributed by atoms with van der Waals surface area (Å²) in [4.78, 5) is 1.69. The van der Waals surface area contributed by atoms with E-state index in [9.17, 15) is 19.0 Å². The second kappa shape index (κ2) is 5.49. The molecule has 1 atom stereocenters. The Balaban J connectivity index is 2.25. The summed E-state index contributed by atoms with van der Waals surface area (Å²) in [6, 6.07) is 2.82. The molecule has 1 saturated heterocycles. The van der Waals surface area contributed by atoms with E-state index < -0.39 is 12.5 Å². The van der Waals surface area contributed by atoms with E-state index in [4.69, 9.17) is 0 Å². The molecule has 1 aromatic carbocycles. The number of alkyl halides is 2. The van der Waals surface area contributed by atoms with Crippen LogP contribution >= 0.6 is 0 Å². The highest BCUT2D eigenvalue weighted by molar-refractivity contribution is 5.41. The molecule has 0 spiro atoms. The van der Waals surface area contributed by atoms with E-state index >= 15 is 0 Å². The number of aromatic hydroxyl groups is 2. The first-order valence-corrected chi connectivity index (χ1v) is 5.84. The molecule has 3 N–H and O–H groups in total. The van der Waals surface area contributed by atoms with E-state index in [-0.39, 0.29) is 11.5 Å². The number of nitrogens with zero attached hydrogens (tertiary/aromatic N) is 1. The van der Waals surface area contributed by atoms with E-state index in [1.54, 1.807) is 4.90 Å². The largest absolute Gasteiger partial charge is 0.504 e. The molecule has 0 aromatic heterocycles. The highest BCUT2D eigenvalue weighted by atomic mass is 19.3. The van der Waals surface area contributed by atoms with Crippen LogP contribution in [0.15, 0.2) is 18.2 Å². The Morgan fingerprint density at radius 2 is 1.78 bits per heavy atom. The van der Waals surface area contributed by atoms with Crippen LogP contribution in [0.5, 0.6) is 11.5 Å².